The van der Waals surface area contributed by atoms with Crippen LogP contribution in [0, 0.1) is 0 Å². The number of methoxy groups -OCH3 is 3. The van der Waals surface area contributed by atoms with Gasteiger partial charge in [-0.25, -0.2) is 0 Å². The van der Waals surface area contributed by atoms with Gasteiger partial charge in [-0.2, -0.15) is 0 Å². The smallest absolute Gasteiger partial charge is 0.268 e. The van der Waals surface area contributed by atoms with E-state index < -0.39 is 6.04 Å². The van der Waals surface area contributed by atoms with Crippen LogP contribution in [0.1, 0.15) is 17.4 Å². The van der Waals surface area contributed by atoms with E-state index in [0.717, 1.165) is 10.9 Å². The van der Waals surface area contributed by atoms with E-state index in [1.807, 2.05) is 6.07 Å². The number of hydrogen-bond donors (Lipinski definition) is 2. The minimum absolute atomic E-state index is 0.338. The van der Waals surface area contributed by atoms with E-state index in [0.29, 0.717) is 28.6 Å². The van der Waals surface area contributed by atoms with Gasteiger partial charge in [-0.3, -0.25) is 9.59 Å². The molecule has 1 heterocycles. The van der Waals surface area contributed by atoms with E-state index in [1.54, 1.807) is 76.3 Å². The zero-order valence-electron chi connectivity index (χ0n) is 17.6. The molecule has 3 aromatic rings. The Morgan fingerprint density at radius 2 is 1.70 bits per heavy atom. The molecule has 2 amide bonds. The molecule has 0 saturated carbocycles. The fraction of sp³-hybridized carbons (Fsp3) is 0.273. The molecule has 0 aliphatic carbocycles. The van der Waals surface area contributed by atoms with E-state index in [9.17, 15) is 9.59 Å². The van der Waals surface area contributed by atoms with Gasteiger partial charge in [-0.15, -0.1) is 0 Å². The van der Waals surface area contributed by atoms with E-state index in [1.165, 1.54) is 0 Å². The average molecular weight is 411 g/mol. The van der Waals surface area contributed by atoms with Gasteiger partial charge in [0, 0.05) is 36.3 Å². The number of rotatable bonds is 7. The second kappa shape index (κ2) is 8.77. The zero-order chi connectivity index (χ0) is 21.8. The molecule has 3 rings (SSSR count). The minimum Gasteiger partial charge on any atom is -0.497 e. The molecule has 0 spiro atoms. The van der Waals surface area contributed by atoms with Gasteiger partial charge < -0.3 is 29.4 Å². The number of aromatic nitrogens is 1. The average Bonchev–Trinajstić information content (AvgIpc) is 3.09. The van der Waals surface area contributed by atoms with Crippen molar-refractivity contribution in [3.05, 3.63) is 48.2 Å². The Balaban J connectivity index is 1.78. The second-order valence-electron chi connectivity index (χ2n) is 6.77. The fourth-order valence-electron chi connectivity index (χ4n) is 3.17. The summed E-state index contributed by atoms with van der Waals surface area (Å²) in [7, 11) is 6.46. The number of anilines is 1. The fourth-order valence-corrected chi connectivity index (χ4v) is 3.17. The summed E-state index contributed by atoms with van der Waals surface area (Å²) in [5.74, 6) is 1.14. The number of hydrogen-bond acceptors (Lipinski definition) is 5. The third-order valence-electron chi connectivity index (χ3n) is 4.86. The Labute approximate surface area is 174 Å². The van der Waals surface area contributed by atoms with Gasteiger partial charge in [0.25, 0.3) is 5.91 Å². The highest BCUT2D eigenvalue weighted by Gasteiger charge is 2.21. The maximum atomic E-state index is 12.9. The maximum Gasteiger partial charge on any atom is 0.268 e. The van der Waals surface area contributed by atoms with Crippen LogP contribution in [0.4, 0.5) is 5.69 Å². The Morgan fingerprint density at radius 3 is 2.37 bits per heavy atom. The molecular weight excluding hydrogens is 386 g/mol. The number of nitrogens with one attached hydrogen (secondary N) is 2. The number of aryl methyl sites for hydroxylation is 1. The summed E-state index contributed by atoms with van der Waals surface area (Å²) in [6.07, 6.45) is 0. The lowest BCUT2D eigenvalue weighted by atomic mass is 10.2. The largest absolute Gasteiger partial charge is 0.497 e. The summed E-state index contributed by atoms with van der Waals surface area (Å²) in [6.45, 7) is 1.62. The highest BCUT2D eigenvalue weighted by Crippen LogP contribution is 2.33. The van der Waals surface area contributed by atoms with E-state index in [2.05, 4.69) is 10.6 Å². The summed E-state index contributed by atoms with van der Waals surface area (Å²) in [4.78, 5) is 25.4. The number of nitrogens with zero attached hydrogens (tertiary/aromatic N) is 1. The van der Waals surface area contributed by atoms with Crippen molar-refractivity contribution in [2.24, 2.45) is 7.05 Å². The topological polar surface area (TPSA) is 90.8 Å². The number of carbonyl (C=O) groups is 2. The lowest BCUT2D eigenvalue weighted by Crippen LogP contribution is -2.42. The molecule has 0 bridgehead atoms. The Kier molecular flexibility index (Phi) is 6.15. The molecule has 0 unspecified atom stereocenters. The standard InChI is InChI=1S/C22H25N3O5/c1-13(21(26)24-14-7-6-8-15(9-14)28-3)23-22(27)19-12-17-18(25(19)2)10-16(29-4)11-20(17)30-5/h6-13H,1-5H3,(H,23,27)(H,24,26)/t13-/m0/s1. The molecule has 2 N–H and O–H groups in total. The van der Waals surface area contributed by atoms with Crippen molar-refractivity contribution in [1.29, 1.82) is 0 Å². The van der Waals surface area contributed by atoms with Crippen molar-refractivity contribution in [3.8, 4) is 17.2 Å². The highest BCUT2D eigenvalue weighted by molar-refractivity contribution is 6.04. The summed E-state index contributed by atoms with van der Waals surface area (Å²) in [5.41, 5.74) is 1.77. The Bertz CT molecular complexity index is 1090. The Hall–Kier alpha value is -3.68. The third-order valence-corrected chi connectivity index (χ3v) is 4.86. The number of ether oxygens (including phenoxy) is 3. The molecule has 8 heteroatoms. The minimum atomic E-state index is -0.752. The van der Waals surface area contributed by atoms with Crippen molar-refractivity contribution < 1.29 is 23.8 Å². The van der Waals surface area contributed by atoms with Crippen LogP contribution in [0.5, 0.6) is 17.2 Å². The van der Waals surface area contributed by atoms with E-state index >= 15 is 0 Å². The maximum absolute atomic E-state index is 12.9. The summed E-state index contributed by atoms with van der Waals surface area (Å²) in [5, 5.41) is 6.29. The molecule has 0 saturated heterocycles. The van der Waals surface area contributed by atoms with Crippen LogP contribution in [0.3, 0.4) is 0 Å². The molecule has 0 aliphatic rings. The molecule has 0 radical (unpaired) electrons. The summed E-state index contributed by atoms with van der Waals surface area (Å²) < 4.78 is 17.6. The molecule has 0 fully saturated rings. The quantitative estimate of drug-likeness (QED) is 0.624. The van der Waals surface area contributed by atoms with Crippen LogP contribution in [-0.4, -0.2) is 43.8 Å². The first kappa shape index (κ1) is 21.0. The lowest BCUT2D eigenvalue weighted by Gasteiger charge is -2.15. The number of fused-ring (bicyclic) bond motifs is 1. The predicted octanol–water partition coefficient (Wildman–Crippen LogP) is 2.96. The summed E-state index contributed by atoms with van der Waals surface area (Å²) >= 11 is 0. The SMILES string of the molecule is COc1cccc(NC(=O)[C@H](C)NC(=O)c2cc3c(OC)cc(OC)cc3n2C)c1. The van der Waals surface area contributed by atoms with Gasteiger partial charge in [-0.1, -0.05) is 6.07 Å². The van der Waals surface area contributed by atoms with Gasteiger partial charge >= 0.3 is 0 Å². The first-order valence-electron chi connectivity index (χ1n) is 9.35. The van der Waals surface area contributed by atoms with Crippen LogP contribution < -0.4 is 24.8 Å². The van der Waals surface area contributed by atoms with Crippen molar-refractivity contribution in [2.75, 3.05) is 26.6 Å². The van der Waals surface area contributed by atoms with Crippen LogP contribution in [0.15, 0.2) is 42.5 Å². The molecule has 0 aliphatic heterocycles. The monoisotopic (exact) mass is 411 g/mol. The van der Waals surface area contributed by atoms with E-state index in [-0.39, 0.29) is 11.8 Å². The second-order valence-corrected chi connectivity index (χ2v) is 6.77. The van der Waals surface area contributed by atoms with Crippen LogP contribution in [0.2, 0.25) is 0 Å². The van der Waals surface area contributed by atoms with Gasteiger partial charge in [0.15, 0.2) is 0 Å². The predicted molar refractivity (Wildman–Crippen MR) is 115 cm³/mol. The molecular formula is C22H25N3O5. The molecule has 158 valence electrons. The van der Waals surface area contributed by atoms with E-state index in [4.69, 9.17) is 14.2 Å². The number of benzene rings is 2. The first-order chi connectivity index (χ1) is 14.4. The van der Waals surface area contributed by atoms with Gasteiger partial charge in [0.2, 0.25) is 5.91 Å². The van der Waals surface area contributed by atoms with Crippen LogP contribution in [0.25, 0.3) is 10.9 Å². The zero-order valence-corrected chi connectivity index (χ0v) is 17.6. The third kappa shape index (κ3) is 4.17. The van der Waals surface area contributed by atoms with Crippen molar-refractivity contribution in [1.82, 2.24) is 9.88 Å². The van der Waals surface area contributed by atoms with Crippen molar-refractivity contribution in [3.63, 3.8) is 0 Å². The number of carbonyl (C=O) groups excluding carboxylic acids is 2. The first-order valence-corrected chi connectivity index (χ1v) is 9.35. The molecule has 1 atom stereocenters. The highest BCUT2D eigenvalue weighted by atomic mass is 16.5. The van der Waals surface area contributed by atoms with Crippen LogP contribution >= 0.6 is 0 Å². The Morgan fingerprint density at radius 1 is 0.967 bits per heavy atom. The molecule has 2 aromatic carbocycles. The van der Waals surface area contributed by atoms with Crippen molar-refractivity contribution >= 4 is 28.4 Å². The van der Waals surface area contributed by atoms with Gasteiger partial charge in [-0.05, 0) is 25.1 Å². The molecule has 8 nitrogen and oxygen atoms in total. The summed E-state index contributed by atoms with van der Waals surface area (Å²) in [6, 6.07) is 11.6. The van der Waals surface area contributed by atoms with Crippen LogP contribution in [-0.2, 0) is 11.8 Å². The van der Waals surface area contributed by atoms with Crippen molar-refractivity contribution in [2.45, 2.75) is 13.0 Å². The van der Waals surface area contributed by atoms with Gasteiger partial charge in [0.05, 0.1) is 26.8 Å². The lowest BCUT2D eigenvalue weighted by molar-refractivity contribution is -0.117. The number of amides is 2. The normalized spacial score (nSPS) is 11.6. The van der Waals surface area contributed by atoms with Gasteiger partial charge in [0.1, 0.15) is 29.0 Å². The molecule has 30 heavy (non-hydrogen) atoms. The molecule has 1 aromatic heterocycles.